The molecule has 0 aliphatic rings. The van der Waals surface area contributed by atoms with Gasteiger partial charge in [-0.1, -0.05) is 6.07 Å². The normalized spacial score (nSPS) is 10.7. The van der Waals surface area contributed by atoms with Gasteiger partial charge in [-0.25, -0.2) is 0 Å². The van der Waals surface area contributed by atoms with Crippen molar-refractivity contribution >= 4 is 21.6 Å². The van der Waals surface area contributed by atoms with Crippen molar-refractivity contribution in [2.75, 3.05) is 52.5 Å². The molecule has 0 unspecified atom stereocenters. The van der Waals surface area contributed by atoms with Crippen molar-refractivity contribution in [1.29, 1.82) is 0 Å². The standard InChI is InChI=1S/C14H23BrN2O2/c1-17(7-9-19-3)14-5-4-12(10-13(14)15)11-16-6-8-18-2/h4-5,10,16H,6-9,11H2,1-3H3. The van der Waals surface area contributed by atoms with Crippen molar-refractivity contribution < 1.29 is 9.47 Å². The van der Waals surface area contributed by atoms with E-state index >= 15 is 0 Å². The van der Waals surface area contributed by atoms with Gasteiger partial charge in [0.25, 0.3) is 0 Å². The summed E-state index contributed by atoms with van der Waals surface area (Å²) in [5.41, 5.74) is 2.43. The van der Waals surface area contributed by atoms with Gasteiger partial charge in [0.2, 0.25) is 0 Å². The van der Waals surface area contributed by atoms with Crippen LogP contribution in [0.2, 0.25) is 0 Å². The van der Waals surface area contributed by atoms with Crippen LogP contribution in [0, 0.1) is 0 Å². The van der Waals surface area contributed by atoms with E-state index in [1.165, 1.54) is 11.3 Å². The number of ether oxygens (including phenoxy) is 2. The van der Waals surface area contributed by atoms with E-state index in [0.29, 0.717) is 0 Å². The number of anilines is 1. The van der Waals surface area contributed by atoms with Crippen molar-refractivity contribution in [3.63, 3.8) is 0 Å². The molecule has 1 aromatic rings. The molecule has 1 aromatic carbocycles. The van der Waals surface area contributed by atoms with Crippen LogP contribution in [0.3, 0.4) is 0 Å². The predicted molar refractivity (Wildman–Crippen MR) is 82.9 cm³/mol. The number of benzene rings is 1. The number of hydrogen-bond acceptors (Lipinski definition) is 4. The summed E-state index contributed by atoms with van der Waals surface area (Å²) in [4.78, 5) is 2.18. The van der Waals surface area contributed by atoms with Crippen LogP contribution >= 0.6 is 15.9 Å². The highest BCUT2D eigenvalue weighted by molar-refractivity contribution is 9.10. The van der Waals surface area contributed by atoms with Crippen molar-refractivity contribution in [2.24, 2.45) is 0 Å². The second-order valence-corrected chi connectivity index (χ2v) is 5.22. The molecule has 0 aliphatic heterocycles. The minimum absolute atomic E-state index is 0.725. The Kier molecular flexibility index (Phi) is 8.05. The number of rotatable bonds is 9. The Labute approximate surface area is 124 Å². The summed E-state index contributed by atoms with van der Waals surface area (Å²) < 4.78 is 11.2. The largest absolute Gasteiger partial charge is 0.383 e. The van der Waals surface area contributed by atoms with E-state index in [1.54, 1.807) is 14.2 Å². The molecule has 5 heteroatoms. The summed E-state index contributed by atoms with van der Waals surface area (Å²) in [5.74, 6) is 0. The summed E-state index contributed by atoms with van der Waals surface area (Å²) in [7, 11) is 5.50. The molecule has 0 radical (unpaired) electrons. The Morgan fingerprint density at radius 2 is 1.95 bits per heavy atom. The molecule has 108 valence electrons. The first-order valence-corrected chi connectivity index (χ1v) is 7.16. The molecule has 0 amide bonds. The summed E-state index contributed by atoms with van der Waals surface area (Å²) in [6.45, 7) is 4.05. The van der Waals surface area contributed by atoms with E-state index in [9.17, 15) is 0 Å². The SMILES string of the molecule is COCCNCc1ccc(N(C)CCOC)c(Br)c1. The number of nitrogens with one attached hydrogen (secondary N) is 1. The lowest BCUT2D eigenvalue weighted by Gasteiger charge is -2.20. The lowest BCUT2D eigenvalue weighted by molar-refractivity contribution is 0.199. The Morgan fingerprint density at radius 3 is 2.58 bits per heavy atom. The molecule has 0 saturated heterocycles. The van der Waals surface area contributed by atoms with E-state index in [1.807, 2.05) is 0 Å². The molecule has 1 N–H and O–H groups in total. The molecule has 0 fully saturated rings. The Bertz CT molecular complexity index is 374. The first-order chi connectivity index (χ1) is 9.19. The van der Waals surface area contributed by atoms with E-state index in [2.05, 4.69) is 51.4 Å². The lowest BCUT2D eigenvalue weighted by atomic mass is 10.2. The molecule has 0 aliphatic carbocycles. The molecular formula is C14H23BrN2O2. The molecule has 19 heavy (non-hydrogen) atoms. The summed E-state index contributed by atoms with van der Waals surface area (Å²) in [5, 5.41) is 3.33. The first kappa shape index (κ1) is 16.4. The minimum Gasteiger partial charge on any atom is -0.383 e. The smallest absolute Gasteiger partial charge is 0.0637 e. The number of methoxy groups -OCH3 is 2. The first-order valence-electron chi connectivity index (χ1n) is 6.37. The van der Waals surface area contributed by atoms with Crippen LogP contribution in [0.1, 0.15) is 5.56 Å². The maximum atomic E-state index is 5.09. The van der Waals surface area contributed by atoms with Crippen molar-refractivity contribution in [1.82, 2.24) is 5.32 Å². The third-order valence-corrected chi connectivity index (χ3v) is 3.50. The van der Waals surface area contributed by atoms with Crippen molar-refractivity contribution in [3.8, 4) is 0 Å². The van der Waals surface area contributed by atoms with Gasteiger partial charge in [0.1, 0.15) is 0 Å². The van der Waals surface area contributed by atoms with E-state index in [-0.39, 0.29) is 0 Å². The molecule has 0 aromatic heterocycles. The van der Waals surface area contributed by atoms with Crippen LogP contribution < -0.4 is 10.2 Å². The van der Waals surface area contributed by atoms with Gasteiger partial charge >= 0.3 is 0 Å². The zero-order valence-corrected chi connectivity index (χ0v) is 13.5. The van der Waals surface area contributed by atoms with E-state index < -0.39 is 0 Å². The Balaban J connectivity index is 2.53. The fraction of sp³-hybridized carbons (Fsp3) is 0.571. The number of halogens is 1. The third-order valence-electron chi connectivity index (χ3n) is 2.87. The number of nitrogens with zero attached hydrogens (tertiary/aromatic N) is 1. The summed E-state index contributed by atoms with van der Waals surface area (Å²) >= 11 is 3.63. The maximum absolute atomic E-state index is 5.09. The van der Waals surface area contributed by atoms with Crippen LogP contribution in [0.4, 0.5) is 5.69 Å². The predicted octanol–water partition coefficient (Wildman–Crippen LogP) is 2.27. The van der Waals surface area contributed by atoms with Crippen LogP contribution in [0.5, 0.6) is 0 Å². The zero-order chi connectivity index (χ0) is 14.1. The second-order valence-electron chi connectivity index (χ2n) is 4.37. The van der Waals surface area contributed by atoms with Gasteiger partial charge in [-0.2, -0.15) is 0 Å². The third kappa shape index (κ3) is 5.91. The molecule has 0 saturated carbocycles. The van der Waals surface area contributed by atoms with E-state index in [0.717, 1.165) is 37.3 Å². The Morgan fingerprint density at radius 1 is 1.21 bits per heavy atom. The van der Waals surface area contributed by atoms with Gasteiger partial charge in [-0.15, -0.1) is 0 Å². The monoisotopic (exact) mass is 330 g/mol. The van der Waals surface area contributed by atoms with Crippen molar-refractivity contribution in [2.45, 2.75) is 6.54 Å². The van der Waals surface area contributed by atoms with Crippen molar-refractivity contribution in [3.05, 3.63) is 28.2 Å². The van der Waals surface area contributed by atoms with Crippen LogP contribution in [0.25, 0.3) is 0 Å². The topological polar surface area (TPSA) is 33.7 Å². The molecular weight excluding hydrogens is 308 g/mol. The highest BCUT2D eigenvalue weighted by Crippen LogP contribution is 2.26. The minimum atomic E-state index is 0.725. The maximum Gasteiger partial charge on any atom is 0.0637 e. The summed E-state index contributed by atoms with van der Waals surface area (Å²) in [6.07, 6.45) is 0. The molecule has 0 atom stereocenters. The highest BCUT2D eigenvalue weighted by atomic mass is 79.9. The van der Waals surface area contributed by atoms with Gasteiger partial charge in [0.05, 0.1) is 18.9 Å². The van der Waals surface area contributed by atoms with E-state index in [4.69, 9.17) is 9.47 Å². The van der Waals surface area contributed by atoms with Crippen LogP contribution in [-0.2, 0) is 16.0 Å². The second kappa shape index (κ2) is 9.31. The molecule has 0 spiro atoms. The van der Waals surface area contributed by atoms with Crippen LogP contribution in [-0.4, -0.2) is 47.6 Å². The highest BCUT2D eigenvalue weighted by Gasteiger charge is 2.06. The van der Waals surface area contributed by atoms with Gasteiger partial charge < -0.3 is 19.7 Å². The number of hydrogen-bond donors (Lipinski definition) is 1. The van der Waals surface area contributed by atoms with Gasteiger partial charge in [0.15, 0.2) is 0 Å². The lowest BCUT2D eigenvalue weighted by Crippen LogP contribution is -2.22. The molecule has 0 bridgehead atoms. The van der Waals surface area contributed by atoms with Gasteiger partial charge in [-0.05, 0) is 33.6 Å². The average molecular weight is 331 g/mol. The zero-order valence-electron chi connectivity index (χ0n) is 11.9. The van der Waals surface area contributed by atoms with Gasteiger partial charge in [-0.3, -0.25) is 0 Å². The Hall–Kier alpha value is -0.620. The summed E-state index contributed by atoms with van der Waals surface area (Å²) in [6, 6.07) is 6.43. The fourth-order valence-electron chi connectivity index (χ4n) is 1.73. The average Bonchev–Trinajstić information content (AvgIpc) is 2.41. The molecule has 1 rings (SSSR count). The molecule has 0 heterocycles. The fourth-order valence-corrected chi connectivity index (χ4v) is 2.45. The van der Waals surface area contributed by atoms with Crippen LogP contribution in [0.15, 0.2) is 22.7 Å². The number of likely N-dealkylation sites (N-methyl/N-ethyl adjacent to an activating group) is 1. The molecule has 4 nitrogen and oxygen atoms in total. The van der Waals surface area contributed by atoms with Gasteiger partial charge in [0, 0.05) is 45.4 Å². The quantitative estimate of drug-likeness (QED) is 0.704.